The van der Waals surface area contributed by atoms with Crippen LogP contribution in [0, 0.1) is 11.3 Å². The lowest BCUT2D eigenvalue weighted by molar-refractivity contribution is -0.118. The van der Waals surface area contributed by atoms with Crippen LogP contribution in [0.3, 0.4) is 0 Å². The molecule has 1 aromatic rings. The second-order valence-corrected chi connectivity index (χ2v) is 5.42. The third kappa shape index (κ3) is 7.17. The van der Waals surface area contributed by atoms with Gasteiger partial charge in [-0.3, -0.25) is 4.79 Å². The first-order valence-corrected chi connectivity index (χ1v) is 7.81. The summed E-state index contributed by atoms with van der Waals surface area (Å²) in [7, 11) is 0. The van der Waals surface area contributed by atoms with Crippen LogP contribution < -0.4 is 10.6 Å². The average Bonchev–Trinajstić information content (AvgIpc) is 2.46. The molecular weight excluding hydrogens is 270 g/mol. The van der Waals surface area contributed by atoms with Gasteiger partial charge in [0.2, 0.25) is 5.91 Å². The lowest BCUT2D eigenvalue weighted by Gasteiger charge is -2.06. The fraction of sp³-hybridized carbons (Fsp3) is 0.467. The van der Waals surface area contributed by atoms with Gasteiger partial charge in [-0.15, -0.1) is 11.8 Å². The molecule has 0 unspecified atom stereocenters. The van der Waals surface area contributed by atoms with E-state index in [1.54, 1.807) is 0 Å². The maximum absolute atomic E-state index is 11.5. The first-order valence-electron chi connectivity index (χ1n) is 6.82. The summed E-state index contributed by atoms with van der Waals surface area (Å²) in [6.45, 7) is 4.44. The number of hydrogen-bond acceptors (Lipinski definition) is 4. The van der Waals surface area contributed by atoms with E-state index in [0.29, 0.717) is 18.7 Å². The SMILES string of the molecule is CCCNCc1cccc(SCC(=O)NCCC#N)c1. The highest BCUT2D eigenvalue weighted by Crippen LogP contribution is 2.18. The van der Waals surface area contributed by atoms with Crippen LogP contribution in [0.2, 0.25) is 0 Å². The Balaban J connectivity index is 2.34. The summed E-state index contributed by atoms with van der Waals surface area (Å²) in [6, 6.07) is 10.2. The summed E-state index contributed by atoms with van der Waals surface area (Å²) in [5.41, 5.74) is 1.23. The molecule has 0 saturated carbocycles. The van der Waals surface area contributed by atoms with Crippen molar-refractivity contribution in [2.75, 3.05) is 18.8 Å². The molecule has 0 atom stereocenters. The Kier molecular flexibility index (Phi) is 8.52. The van der Waals surface area contributed by atoms with Gasteiger partial charge in [0.05, 0.1) is 18.2 Å². The van der Waals surface area contributed by atoms with Gasteiger partial charge in [-0.25, -0.2) is 0 Å². The number of hydrogen-bond donors (Lipinski definition) is 2. The molecule has 0 fully saturated rings. The van der Waals surface area contributed by atoms with Gasteiger partial charge in [-0.2, -0.15) is 5.26 Å². The third-order valence-corrected chi connectivity index (χ3v) is 3.58. The third-order valence-electron chi connectivity index (χ3n) is 2.58. The van der Waals surface area contributed by atoms with E-state index in [9.17, 15) is 4.79 Å². The Morgan fingerprint density at radius 2 is 2.25 bits per heavy atom. The van der Waals surface area contributed by atoms with Gasteiger partial charge in [0.1, 0.15) is 0 Å². The molecule has 1 amide bonds. The largest absolute Gasteiger partial charge is 0.354 e. The topological polar surface area (TPSA) is 64.9 Å². The van der Waals surface area contributed by atoms with Crippen molar-refractivity contribution in [1.29, 1.82) is 5.26 Å². The number of thioether (sulfide) groups is 1. The second kappa shape index (κ2) is 10.3. The number of carbonyl (C=O) groups is 1. The van der Waals surface area contributed by atoms with E-state index in [4.69, 9.17) is 5.26 Å². The van der Waals surface area contributed by atoms with E-state index < -0.39 is 0 Å². The fourth-order valence-electron chi connectivity index (χ4n) is 1.61. The Bertz CT molecular complexity index is 457. The molecule has 5 heteroatoms. The van der Waals surface area contributed by atoms with Crippen LogP contribution in [-0.4, -0.2) is 24.7 Å². The van der Waals surface area contributed by atoms with Gasteiger partial charge in [0.15, 0.2) is 0 Å². The molecule has 20 heavy (non-hydrogen) atoms. The number of benzene rings is 1. The van der Waals surface area contributed by atoms with E-state index in [0.717, 1.165) is 24.4 Å². The lowest BCUT2D eigenvalue weighted by Crippen LogP contribution is -2.25. The molecule has 0 heterocycles. The zero-order valence-electron chi connectivity index (χ0n) is 11.8. The fourth-order valence-corrected chi connectivity index (χ4v) is 2.42. The number of nitrogens with zero attached hydrogens (tertiary/aromatic N) is 1. The Labute approximate surface area is 124 Å². The molecule has 0 bridgehead atoms. The highest BCUT2D eigenvalue weighted by molar-refractivity contribution is 8.00. The highest BCUT2D eigenvalue weighted by Gasteiger charge is 2.03. The van der Waals surface area contributed by atoms with Crippen LogP contribution >= 0.6 is 11.8 Å². The summed E-state index contributed by atoms with van der Waals surface area (Å²) >= 11 is 1.52. The number of nitriles is 1. The molecular formula is C15H21N3OS. The Hall–Kier alpha value is -1.51. The van der Waals surface area contributed by atoms with E-state index in [1.807, 2.05) is 18.2 Å². The molecule has 0 aromatic heterocycles. The van der Waals surface area contributed by atoms with Crippen LogP contribution in [0.25, 0.3) is 0 Å². The predicted molar refractivity (Wildman–Crippen MR) is 82.4 cm³/mol. The number of nitrogens with one attached hydrogen (secondary N) is 2. The molecule has 0 spiro atoms. The standard InChI is InChI=1S/C15H21N3OS/c1-2-8-17-11-13-5-3-6-14(10-13)20-12-15(19)18-9-4-7-16/h3,5-6,10,17H,2,4,8-9,11-12H2,1H3,(H,18,19). The Morgan fingerprint density at radius 3 is 3.00 bits per heavy atom. The summed E-state index contributed by atoms with van der Waals surface area (Å²) in [4.78, 5) is 12.6. The monoisotopic (exact) mass is 291 g/mol. The van der Waals surface area contributed by atoms with Crippen molar-refractivity contribution >= 4 is 17.7 Å². The minimum atomic E-state index is -0.0280. The van der Waals surface area contributed by atoms with Crippen LogP contribution in [-0.2, 0) is 11.3 Å². The molecule has 0 aliphatic rings. The maximum Gasteiger partial charge on any atom is 0.230 e. The zero-order valence-corrected chi connectivity index (χ0v) is 12.6. The summed E-state index contributed by atoms with van der Waals surface area (Å²) in [5, 5.41) is 14.5. The van der Waals surface area contributed by atoms with Crippen LogP contribution in [0.1, 0.15) is 25.3 Å². The van der Waals surface area contributed by atoms with E-state index in [2.05, 4.69) is 29.7 Å². The normalized spacial score (nSPS) is 10.0. The van der Waals surface area contributed by atoms with Gasteiger partial charge in [0.25, 0.3) is 0 Å². The van der Waals surface area contributed by atoms with Crippen molar-refractivity contribution in [2.24, 2.45) is 0 Å². The van der Waals surface area contributed by atoms with Crippen molar-refractivity contribution < 1.29 is 4.79 Å². The van der Waals surface area contributed by atoms with E-state index >= 15 is 0 Å². The maximum atomic E-state index is 11.5. The van der Waals surface area contributed by atoms with Gasteiger partial charge in [-0.1, -0.05) is 19.1 Å². The first-order chi connectivity index (χ1) is 9.76. The highest BCUT2D eigenvalue weighted by atomic mass is 32.2. The van der Waals surface area contributed by atoms with Crippen LogP contribution in [0.5, 0.6) is 0 Å². The van der Waals surface area contributed by atoms with Crippen LogP contribution in [0.15, 0.2) is 29.2 Å². The molecule has 0 aliphatic carbocycles. The smallest absolute Gasteiger partial charge is 0.230 e. The van der Waals surface area contributed by atoms with Crippen molar-refractivity contribution in [3.05, 3.63) is 29.8 Å². The molecule has 1 rings (SSSR count). The summed E-state index contributed by atoms with van der Waals surface area (Å²) in [5.74, 6) is 0.358. The first kappa shape index (κ1) is 16.5. The summed E-state index contributed by atoms with van der Waals surface area (Å²) in [6.07, 6.45) is 1.48. The molecule has 2 N–H and O–H groups in total. The van der Waals surface area contributed by atoms with Crippen LogP contribution in [0.4, 0.5) is 0 Å². The zero-order chi connectivity index (χ0) is 14.6. The molecule has 0 saturated heterocycles. The van der Waals surface area contributed by atoms with Crippen molar-refractivity contribution in [1.82, 2.24) is 10.6 Å². The quantitative estimate of drug-likeness (QED) is 0.541. The minimum Gasteiger partial charge on any atom is -0.354 e. The molecule has 108 valence electrons. The van der Waals surface area contributed by atoms with E-state index in [-0.39, 0.29) is 5.91 Å². The molecule has 0 radical (unpaired) electrons. The Morgan fingerprint density at radius 1 is 1.40 bits per heavy atom. The van der Waals surface area contributed by atoms with Gasteiger partial charge in [-0.05, 0) is 30.7 Å². The minimum absolute atomic E-state index is 0.0280. The van der Waals surface area contributed by atoms with Gasteiger partial charge < -0.3 is 10.6 Å². The molecule has 0 aliphatic heterocycles. The molecule has 4 nitrogen and oxygen atoms in total. The van der Waals surface area contributed by atoms with Gasteiger partial charge >= 0.3 is 0 Å². The second-order valence-electron chi connectivity index (χ2n) is 4.37. The van der Waals surface area contributed by atoms with Crippen molar-refractivity contribution in [3.8, 4) is 6.07 Å². The van der Waals surface area contributed by atoms with Crippen molar-refractivity contribution in [3.63, 3.8) is 0 Å². The number of carbonyl (C=O) groups excluding carboxylic acids is 1. The number of amides is 1. The number of rotatable bonds is 9. The van der Waals surface area contributed by atoms with Crippen molar-refractivity contribution in [2.45, 2.75) is 31.2 Å². The van der Waals surface area contributed by atoms with E-state index in [1.165, 1.54) is 17.3 Å². The van der Waals surface area contributed by atoms with Gasteiger partial charge in [0, 0.05) is 18.0 Å². The lowest BCUT2D eigenvalue weighted by atomic mass is 10.2. The molecule has 1 aromatic carbocycles. The predicted octanol–water partition coefficient (Wildman–Crippen LogP) is 2.31. The average molecular weight is 291 g/mol. The summed E-state index contributed by atoms with van der Waals surface area (Å²) < 4.78 is 0.